The molecule has 4 aromatic rings. The topological polar surface area (TPSA) is 74.5 Å². The van der Waals surface area contributed by atoms with Crippen LogP contribution in [0.25, 0.3) is 23.1 Å². The third-order valence-electron chi connectivity index (χ3n) is 4.89. The number of para-hydroxylation sites is 1. The van der Waals surface area contributed by atoms with Crippen LogP contribution in [0.4, 0.5) is 4.39 Å². The average molecular weight is 549 g/mol. The second-order valence-electron chi connectivity index (χ2n) is 7.07. The lowest BCUT2D eigenvalue weighted by atomic mass is 10.1. The van der Waals surface area contributed by atoms with Crippen molar-refractivity contribution in [3.63, 3.8) is 0 Å². The molecule has 0 aliphatic carbocycles. The first-order valence-electron chi connectivity index (χ1n) is 10.1. The first-order chi connectivity index (χ1) is 15.6. The Kier molecular flexibility index (Phi) is 9.16. The largest absolute Gasteiger partial charge is 1.00 e. The van der Waals surface area contributed by atoms with E-state index >= 15 is 0 Å². The summed E-state index contributed by atoms with van der Waals surface area (Å²) in [4.78, 5) is 27.9. The molecule has 3 aromatic heterocycles. The lowest BCUT2D eigenvalue weighted by Crippen LogP contribution is -3.00. The molecule has 172 valence electrons. The van der Waals surface area contributed by atoms with Crippen molar-refractivity contribution in [2.75, 3.05) is 11.5 Å². The summed E-state index contributed by atoms with van der Waals surface area (Å²) in [6.45, 7) is 1.20. The fourth-order valence-corrected chi connectivity index (χ4v) is 5.14. The Morgan fingerprint density at radius 3 is 2.61 bits per heavy atom. The van der Waals surface area contributed by atoms with Crippen molar-refractivity contribution in [2.45, 2.75) is 13.1 Å². The van der Waals surface area contributed by atoms with Crippen LogP contribution in [0.3, 0.4) is 0 Å². The number of nitrogens with zero attached hydrogens (tertiary/aromatic N) is 2. The van der Waals surface area contributed by atoms with E-state index in [0.29, 0.717) is 12.3 Å². The number of hydrogen-bond acceptors (Lipinski definition) is 4. The van der Waals surface area contributed by atoms with Crippen LogP contribution in [0.2, 0.25) is 0 Å². The van der Waals surface area contributed by atoms with E-state index in [1.165, 1.54) is 9.95 Å². The molecular formula is C23H22BrFN4O2S2. The van der Waals surface area contributed by atoms with Gasteiger partial charge in [0.1, 0.15) is 0 Å². The van der Waals surface area contributed by atoms with Crippen molar-refractivity contribution in [2.24, 2.45) is 0 Å². The fraction of sp³-hybridized carbons (Fsp3) is 0.174. The Morgan fingerprint density at radius 2 is 1.79 bits per heavy atom. The van der Waals surface area contributed by atoms with Crippen LogP contribution in [0.15, 0.2) is 70.8 Å². The molecule has 0 aliphatic rings. The monoisotopic (exact) mass is 548 g/mol. The van der Waals surface area contributed by atoms with Gasteiger partial charge in [-0.15, -0.1) is 0 Å². The fourth-order valence-electron chi connectivity index (χ4n) is 3.19. The molecule has 0 bridgehead atoms. The van der Waals surface area contributed by atoms with Crippen molar-refractivity contribution < 1.29 is 25.9 Å². The summed E-state index contributed by atoms with van der Waals surface area (Å²) >= 11 is 0. The van der Waals surface area contributed by atoms with E-state index in [-0.39, 0.29) is 17.0 Å². The summed E-state index contributed by atoms with van der Waals surface area (Å²) in [7, 11) is 3.30. The van der Waals surface area contributed by atoms with Crippen LogP contribution < -0.4 is 32.8 Å². The molecule has 0 spiro atoms. The number of aromatic nitrogens is 4. The van der Waals surface area contributed by atoms with Crippen LogP contribution in [-0.4, -0.2) is 26.0 Å². The van der Waals surface area contributed by atoms with Crippen LogP contribution in [0.5, 0.6) is 0 Å². The van der Waals surface area contributed by atoms with Crippen LogP contribution in [0.1, 0.15) is 11.1 Å². The highest BCUT2D eigenvalue weighted by Crippen LogP contribution is 2.21. The maximum Gasteiger partial charge on any atom is 0.328 e. The van der Waals surface area contributed by atoms with Crippen LogP contribution >= 0.6 is 21.6 Å². The minimum Gasteiger partial charge on any atom is -1.00 e. The summed E-state index contributed by atoms with van der Waals surface area (Å²) in [5.41, 5.74) is 1.86. The quantitative estimate of drug-likeness (QED) is 0.183. The minimum absolute atomic E-state index is 0. The van der Waals surface area contributed by atoms with Crippen molar-refractivity contribution in [3.8, 4) is 0 Å². The Labute approximate surface area is 208 Å². The highest BCUT2D eigenvalue weighted by Gasteiger charge is 2.05. The van der Waals surface area contributed by atoms with Gasteiger partial charge in [-0.2, -0.15) is 4.39 Å². The standard InChI is InChI=1S/C23H21FN4O2S2.BrH/c24-20-16-28(23(30)26-22(20)29)12-14-32-31-13-11-27-9-7-17(8-10-27)5-6-18-15-25-21-4-2-1-3-19(18)21;/h1-10,15-16H,11-14H2,(H,26,29,30);1H. The number of fused-ring (bicyclic) bond motifs is 1. The van der Waals surface area contributed by atoms with Gasteiger partial charge in [0.25, 0.3) is 5.56 Å². The van der Waals surface area contributed by atoms with Crippen molar-refractivity contribution >= 4 is 44.6 Å². The Balaban J connectivity index is 0.00000306. The van der Waals surface area contributed by atoms with E-state index in [0.717, 1.165) is 35.1 Å². The molecule has 0 saturated heterocycles. The Bertz CT molecular complexity index is 1350. The molecule has 0 saturated carbocycles. The lowest BCUT2D eigenvalue weighted by molar-refractivity contribution is -0.692. The molecule has 0 atom stereocenters. The molecule has 0 radical (unpaired) electrons. The zero-order valence-electron chi connectivity index (χ0n) is 17.5. The molecular weight excluding hydrogens is 527 g/mol. The maximum absolute atomic E-state index is 13.3. The number of halogens is 2. The second kappa shape index (κ2) is 12.1. The van der Waals surface area contributed by atoms with Gasteiger partial charge in [0.05, 0.1) is 11.9 Å². The number of rotatable bonds is 9. The summed E-state index contributed by atoms with van der Waals surface area (Å²) in [6.07, 6.45) is 11.3. The lowest BCUT2D eigenvalue weighted by Gasteiger charge is -2.04. The van der Waals surface area contributed by atoms with E-state index in [2.05, 4.69) is 58.4 Å². The predicted molar refractivity (Wildman–Crippen MR) is 130 cm³/mol. The molecule has 0 unspecified atom stereocenters. The normalized spacial score (nSPS) is 11.2. The number of nitrogens with one attached hydrogen (secondary N) is 2. The number of aromatic amines is 2. The van der Waals surface area contributed by atoms with E-state index in [4.69, 9.17) is 0 Å². The predicted octanol–water partition coefficient (Wildman–Crippen LogP) is 0.700. The molecule has 10 heteroatoms. The number of benzene rings is 1. The maximum atomic E-state index is 13.3. The summed E-state index contributed by atoms with van der Waals surface area (Å²) < 4.78 is 16.6. The van der Waals surface area contributed by atoms with Gasteiger partial charge < -0.3 is 22.0 Å². The smallest absolute Gasteiger partial charge is 0.328 e. The summed E-state index contributed by atoms with van der Waals surface area (Å²) in [5, 5.41) is 1.21. The Hall–Kier alpha value is -2.56. The van der Waals surface area contributed by atoms with E-state index in [1.54, 1.807) is 21.6 Å². The number of pyridine rings is 1. The SMILES string of the molecule is O=c1[nH]c(=O)n(CCSSCC[n+]2ccc(/C=C/c3c[nH]c4ccccc34)cc2)cc1F.[Br-]. The first kappa shape index (κ1) is 25.1. The van der Waals surface area contributed by atoms with Crippen LogP contribution in [0, 0.1) is 5.82 Å². The van der Waals surface area contributed by atoms with Crippen molar-refractivity contribution in [1.82, 2.24) is 14.5 Å². The average Bonchev–Trinajstić information content (AvgIpc) is 3.22. The van der Waals surface area contributed by atoms with Crippen LogP contribution in [-0.2, 0) is 13.1 Å². The third kappa shape index (κ3) is 6.72. The highest BCUT2D eigenvalue weighted by atomic mass is 79.9. The van der Waals surface area contributed by atoms with Gasteiger partial charge in [0.15, 0.2) is 18.9 Å². The molecule has 4 rings (SSSR count). The molecule has 0 aliphatic heterocycles. The van der Waals surface area contributed by atoms with E-state index in [9.17, 15) is 14.0 Å². The van der Waals surface area contributed by atoms with E-state index < -0.39 is 17.1 Å². The number of aryl methyl sites for hydroxylation is 2. The highest BCUT2D eigenvalue weighted by molar-refractivity contribution is 8.76. The zero-order valence-corrected chi connectivity index (χ0v) is 20.8. The second-order valence-corrected chi connectivity index (χ2v) is 9.77. The molecule has 3 heterocycles. The first-order valence-corrected chi connectivity index (χ1v) is 12.6. The molecule has 0 amide bonds. The number of hydrogen-bond donors (Lipinski definition) is 2. The molecule has 6 nitrogen and oxygen atoms in total. The van der Waals surface area contributed by atoms with Gasteiger partial charge in [0, 0.05) is 41.5 Å². The van der Waals surface area contributed by atoms with Gasteiger partial charge in [-0.3, -0.25) is 14.3 Å². The van der Waals surface area contributed by atoms with E-state index in [1.807, 2.05) is 23.3 Å². The van der Waals surface area contributed by atoms with Gasteiger partial charge in [0.2, 0.25) is 5.82 Å². The van der Waals surface area contributed by atoms with Gasteiger partial charge in [-0.05, 0) is 17.2 Å². The third-order valence-corrected chi connectivity index (χ3v) is 7.26. The minimum atomic E-state index is -0.982. The van der Waals surface area contributed by atoms with Gasteiger partial charge >= 0.3 is 5.69 Å². The Morgan fingerprint density at radius 1 is 1.03 bits per heavy atom. The zero-order chi connectivity index (χ0) is 22.3. The van der Waals surface area contributed by atoms with Crippen molar-refractivity contribution in [3.05, 3.63) is 99.0 Å². The summed E-state index contributed by atoms with van der Waals surface area (Å²) in [5.74, 6) is 0.589. The van der Waals surface area contributed by atoms with Gasteiger partial charge in [-0.1, -0.05) is 51.9 Å². The molecule has 33 heavy (non-hydrogen) atoms. The molecule has 2 N–H and O–H groups in total. The van der Waals surface area contributed by atoms with Gasteiger partial charge in [-0.25, -0.2) is 9.36 Å². The summed E-state index contributed by atoms with van der Waals surface area (Å²) in [6, 6.07) is 12.4. The number of H-pyrrole nitrogens is 2. The molecule has 1 aromatic carbocycles. The van der Waals surface area contributed by atoms with Crippen molar-refractivity contribution in [1.29, 1.82) is 0 Å². The molecule has 0 fully saturated rings.